The number of hydrogen-bond donors (Lipinski definition) is 0. The van der Waals surface area contributed by atoms with Crippen molar-refractivity contribution in [3.05, 3.63) is 80.6 Å². The largest absolute Gasteiger partial charge is 0.497 e. The Balaban J connectivity index is 1.55. The Hall–Kier alpha value is -2.80. The zero-order valence-corrected chi connectivity index (χ0v) is 20.4. The van der Waals surface area contributed by atoms with E-state index in [0.717, 1.165) is 46.7 Å². The van der Waals surface area contributed by atoms with Crippen LogP contribution in [-0.2, 0) is 13.0 Å². The molecule has 3 heterocycles. The fourth-order valence-corrected chi connectivity index (χ4v) is 5.65. The molecule has 5 nitrogen and oxygen atoms in total. The number of nitrogens with zero attached hydrogens (tertiary/aromatic N) is 2. The predicted molar refractivity (Wildman–Crippen MR) is 133 cm³/mol. The van der Waals surface area contributed by atoms with Crippen molar-refractivity contribution in [3.63, 3.8) is 0 Å². The summed E-state index contributed by atoms with van der Waals surface area (Å²) in [6, 6.07) is 16.7. The van der Waals surface area contributed by atoms with Gasteiger partial charge in [-0.05, 0) is 59.3 Å². The van der Waals surface area contributed by atoms with Gasteiger partial charge in [0.2, 0.25) is 0 Å². The molecule has 5 rings (SSSR count). The van der Waals surface area contributed by atoms with Crippen LogP contribution in [0.25, 0.3) is 10.9 Å². The number of aromatic nitrogens is 1. The van der Waals surface area contributed by atoms with Crippen LogP contribution >= 0.6 is 22.9 Å². The highest BCUT2D eigenvalue weighted by atomic mass is 35.5. The number of fused-ring (bicyclic) bond motifs is 2. The third kappa shape index (κ3) is 4.14. The van der Waals surface area contributed by atoms with Crippen molar-refractivity contribution in [3.8, 4) is 17.2 Å². The summed E-state index contributed by atoms with van der Waals surface area (Å²) in [5.41, 5.74) is 4.38. The molecule has 0 amide bonds. The number of ether oxygens (including phenoxy) is 3. The lowest BCUT2D eigenvalue weighted by molar-refractivity contribution is 0.206. The van der Waals surface area contributed by atoms with Crippen molar-refractivity contribution in [1.29, 1.82) is 0 Å². The lowest BCUT2D eigenvalue weighted by Gasteiger charge is -2.37. The second kappa shape index (κ2) is 9.21. The lowest BCUT2D eigenvalue weighted by atomic mass is 9.90. The molecule has 0 spiro atoms. The van der Waals surface area contributed by atoms with Crippen LogP contribution in [0.4, 0.5) is 0 Å². The molecule has 170 valence electrons. The summed E-state index contributed by atoms with van der Waals surface area (Å²) in [5, 5.41) is 3.70. The lowest BCUT2D eigenvalue weighted by Crippen LogP contribution is -2.35. The van der Waals surface area contributed by atoms with Gasteiger partial charge in [0, 0.05) is 35.0 Å². The van der Waals surface area contributed by atoms with Gasteiger partial charge in [0.1, 0.15) is 10.9 Å². The van der Waals surface area contributed by atoms with E-state index < -0.39 is 0 Å². The van der Waals surface area contributed by atoms with E-state index in [4.69, 9.17) is 25.8 Å². The van der Waals surface area contributed by atoms with Gasteiger partial charge < -0.3 is 14.2 Å². The highest BCUT2D eigenvalue weighted by Gasteiger charge is 2.31. The van der Waals surface area contributed by atoms with Crippen LogP contribution in [0.5, 0.6) is 17.2 Å². The highest BCUT2D eigenvalue weighted by Crippen LogP contribution is 2.43. The topological polar surface area (TPSA) is 43.8 Å². The summed E-state index contributed by atoms with van der Waals surface area (Å²) in [7, 11) is 5.02. The van der Waals surface area contributed by atoms with Gasteiger partial charge in [-0.15, -0.1) is 11.3 Å². The minimum Gasteiger partial charge on any atom is -0.497 e. The Morgan fingerprint density at radius 3 is 2.58 bits per heavy atom. The van der Waals surface area contributed by atoms with Crippen LogP contribution < -0.4 is 14.2 Å². The maximum Gasteiger partial charge on any atom is 0.161 e. The van der Waals surface area contributed by atoms with E-state index in [0.29, 0.717) is 11.7 Å². The van der Waals surface area contributed by atoms with Crippen molar-refractivity contribution < 1.29 is 14.2 Å². The van der Waals surface area contributed by atoms with Gasteiger partial charge in [-0.1, -0.05) is 17.7 Å². The molecule has 2 aromatic carbocycles. The average molecular weight is 481 g/mol. The van der Waals surface area contributed by atoms with Gasteiger partial charge in [-0.3, -0.25) is 4.90 Å². The molecule has 0 fully saturated rings. The van der Waals surface area contributed by atoms with E-state index in [1.165, 1.54) is 16.0 Å². The van der Waals surface area contributed by atoms with Crippen LogP contribution in [0.15, 0.2) is 53.9 Å². The monoisotopic (exact) mass is 480 g/mol. The molecular weight excluding hydrogens is 456 g/mol. The molecule has 2 aromatic heterocycles. The third-order valence-corrected chi connectivity index (χ3v) is 7.46. The summed E-state index contributed by atoms with van der Waals surface area (Å²) >= 11 is 8.43. The minimum atomic E-state index is 0.108. The van der Waals surface area contributed by atoms with Gasteiger partial charge in [-0.2, -0.15) is 0 Å². The predicted octanol–water partition coefficient (Wildman–Crippen LogP) is 6.12. The number of hydrogen-bond acceptors (Lipinski definition) is 6. The number of rotatable bonds is 6. The Morgan fingerprint density at radius 2 is 1.85 bits per heavy atom. The van der Waals surface area contributed by atoms with E-state index in [2.05, 4.69) is 45.6 Å². The molecule has 1 unspecified atom stereocenters. The van der Waals surface area contributed by atoms with Crippen LogP contribution in [0.1, 0.15) is 27.6 Å². The Kier molecular flexibility index (Phi) is 6.15. The van der Waals surface area contributed by atoms with Gasteiger partial charge >= 0.3 is 0 Å². The van der Waals surface area contributed by atoms with Gasteiger partial charge in [0.25, 0.3) is 0 Å². The Bertz CT molecular complexity index is 1290. The van der Waals surface area contributed by atoms with E-state index >= 15 is 0 Å². The zero-order valence-electron chi connectivity index (χ0n) is 18.8. The molecule has 33 heavy (non-hydrogen) atoms. The molecule has 1 aliphatic heterocycles. The number of thiophene rings is 1. The van der Waals surface area contributed by atoms with Crippen molar-refractivity contribution >= 4 is 33.8 Å². The summed E-state index contributed by atoms with van der Waals surface area (Å²) in [4.78, 5) is 8.42. The quantitative estimate of drug-likeness (QED) is 0.311. The van der Waals surface area contributed by atoms with Crippen molar-refractivity contribution in [2.24, 2.45) is 0 Å². The molecule has 0 N–H and O–H groups in total. The van der Waals surface area contributed by atoms with E-state index in [-0.39, 0.29) is 6.04 Å². The SMILES string of the molecule is COc1ccc2cc(CN3CCc4cc(OC)c(OC)cc4C3c3cccs3)c(Cl)nc2c1. The van der Waals surface area contributed by atoms with Crippen LogP contribution in [0, 0.1) is 0 Å². The Morgan fingerprint density at radius 1 is 1.03 bits per heavy atom. The molecule has 0 aliphatic carbocycles. The molecule has 7 heteroatoms. The third-order valence-electron chi connectivity index (χ3n) is 6.21. The van der Waals surface area contributed by atoms with Gasteiger partial charge in [-0.25, -0.2) is 4.98 Å². The maximum atomic E-state index is 6.67. The Labute approximate surface area is 202 Å². The average Bonchev–Trinajstić information content (AvgIpc) is 3.37. The van der Waals surface area contributed by atoms with E-state index in [1.807, 2.05) is 18.2 Å². The van der Waals surface area contributed by atoms with Crippen LogP contribution in [0.3, 0.4) is 0 Å². The second-order valence-corrected chi connectivity index (χ2v) is 9.38. The summed E-state index contributed by atoms with van der Waals surface area (Å²) < 4.78 is 16.5. The van der Waals surface area contributed by atoms with Crippen LogP contribution in [0.2, 0.25) is 5.15 Å². The van der Waals surface area contributed by atoms with Crippen LogP contribution in [-0.4, -0.2) is 37.8 Å². The van der Waals surface area contributed by atoms with E-state index in [1.54, 1.807) is 32.7 Å². The number of benzene rings is 2. The minimum absolute atomic E-state index is 0.108. The molecule has 1 aliphatic rings. The first-order valence-corrected chi connectivity index (χ1v) is 12.0. The molecule has 0 saturated heterocycles. The van der Waals surface area contributed by atoms with Gasteiger partial charge in [0.05, 0.1) is 32.9 Å². The summed E-state index contributed by atoms with van der Waals surface area (Å²) in [6.45, 7) is 1.60. The fourth-order valence-electron chi connectivity index (χ4n) is 4.57. The van der Waals surface area contributed by atoms with Crippen molar-refractivity contribution in [2.45, 2.75) is 19.0 Å². The molecule has 0 radical (unpaired) electrons. The first-order valence-electron chi connectivity index (χ1n) is 10.8. The number of pyridine rings is 1. The molecule has 1 atom stereocenters. The number of halogens is 1. The molecule has 0 saturated carbocycles. The standard InChI is InChI=1S/C26H25ClN2O3S/c1-30-19-7-6-17-11-18(26(27)28-21(17)13-19)15-29-9-8-16-12-22(31-2)23(32-3)14-20(16)25(29)24-5-4-10-33-24/h4-7,10-14,25H,8-9,15H2,1-3H3. The first-order chi connectivity index (χ1) is 16.1. The highest BCUT2D eigenvalue weighted by molar-refractivity contribution is 7.10. The number of methoxy groups -OCH3 is 3. The van der Waals surface area contributed by atoms with Gasteiger partial charge in [0.15, 0.2) is 11.5 Å². The summed E-state index contributed by atoms with van der Waals surface area (Å²) in [5.74, 6) is 2.29. The maximum absolute atomic E-state index is 6.67. The molecule has 4 aromatic rings. The first kappa shape index (κ1) is 22.0. The molecule has 0 bridgehead atoms. The smallest absolute Gasteiger partial charge is 0.161 e. The normalized spacial score (nSPS) is 15.9. The van der Waals surface area contributed by atoms with Crippen molar-refractivity contribution in [1.82, 2.24) is 9.88 Å². The van der Waals surface area contributed by atoms with Crippen molar-refractivity contribution in [2.75, 3.05) is 27.9 Å². The fraction of sp³-hybridized carbons (Fsp3) is 0.269. The van der Waals surface area contributed by atoms with E-state index in [9.17, 15) is 0 Å². The zero-order chi connectivity index (χ0) is 22.9. The summed E-state index contributed by atoms with van der Waals surface area (Å²) in [6.07, 6.45) is 0.924. The molecular formula is C26H25ClN2O3S. The second-order valence-electron chi connectivity index (χ2n) is 8.04.